The van der Waals surface area contributed by atoms with Crippen molar-refractivity contribution in [2.24, 2.45) is 4.99 Å². The Balaban J connectivity index is 2.38. The third-order valence-corrected chi connectivity index (χ3v) is 2.88. The van der Waals surface area contributed by atoms with Crippen molar-refractivity contribution in [3.8, 4) is 0 Å². The van der Waals surface area contributed by atoms with Gasteiger partial charge in [-0.25, -0.2) is 18.6 Å². The van der Waals surface area contributed by atoms with Crippen LogP contribution >= 0.6 is 0 Å². The second-order valence-electron chi connectivity index (χ2n) is 4.00. The zero-order valence-corrected chi connectivity index (χ0v) is 9.25. The first-order valence-electron chi connectivity index (χ1n) is 5.49. The lowest BCUT2D eigenvalue weighted by Crippen LogP contribution is -2.19. The van der Waals surface area contributed by atoms with Crippen LogP contribution in [0.4, 0.5) is 14.5 Å². The predicted octanol–water partition coefficient (Wildman–Crippen LogP) is 2.40. The van der Waals surface area contributed by atoms with E-state index in [0.717, 1.165) is 32.0 Å². The topological polar surface area (TPSA) is 32.7 Å². The van der Waals surface area contributed by atoms with E-state index in [2.05, 4.69) is 4.99 Å². The molecular weight excluding hydrogens is 226 g/mol. The molecule has 1 aromatic carbocycles. The molecule has 1 saturated heterocycles. The standard InChI is InChI=1S/C12H12F2N2O/c13-10-5-9(7-15-8-17)12(6-11(10)14)16-3-1-2-4-16/h5-6H,1-4,7H2. The normalized spacial score (nSPS) is 14.8. The van der Waals surface area contributed by atoms with Crippen LogP contribution in [0.15, 0.2) is 17.1 Å². The van der Waals surface area contributed by atoms with E-state index < -0.39 is 11.6 Å². The lowest BCUT2D eigenvalue weighted by molar-refractivity contribution is 0.507. The van der Waals surface area contributed by atoms with Gasteiger partial charge in [-0.2, -0.15) is 0 Å². The van der Waals surface area contributed by atoms with Crippen molar-refractivity contribution in [1.82, 2.24) is 0 Å². The van der Waals surface area contributed by atoms with Crippen molar-refractivity contribution in [3.05, 3.63) is 29.3 Å². The van der Waals surface area contributed by atoms with Gasteiger partial charge in [0.25, 0.3) is 0 Å². The molecule has 0 radical (unpaired) electrons. The predicted molar refractivity (Wildman–Crippen MR) is 59.6 cm³/mol. The molecule has 0 atom stereocenters. The fourth-order valence-corrected chi connectivity index (χ4v) is 2.07. The number of isocyanates is 1. The highest BCUT2D eigenvalue weighted by molar-refractivity contribution is 5.55. The fourth-order valence-electron chi connectivity index (χ4n) is 2.07. The van der Waals surface area contributed by atoms with Crippen LogP contribution in [0.3, 0.4) is 0 Å². The lowest BCUT2D eigenvalue weighted by atomic mass is 10.1. The van der Waals surface area contributed by atoms with Crippen molar-refractivity contribution in [3.63, 3.8) is 0 Å². The molecule has 0 N–H and O–H groups in total. The first kappa shape index (κ1) is 11.7. The van der Waals surface area contributed by atoms with Crippen molar-refractivity contribution >= 4 is 11.8 Å². The minimum atomic E-state index is -0.913. The molecule has 0 aromatic heterocycles. The Morgan fingerprint density at radius 2 is 1.88 bits per heavy atom. The van der Waals surface area contributed by atoms with Gasteiger partial charge in [-0.05, 0) is 18.9 Å². The Morgan fingerprint density at radius 3 is 2.53 bits per heavy atom. The van der Waals surface area contributed by atoms with E-state index in [0.29, 0.717) is 11.3 Å². The highest BCUT2D eigenvalue weighted by Gasteiger charge is 2.18. The largest absolute Gasteiger partial charge is 0.371 e. The number of hydrogen-bond donors (Lipinski definition) is 0. The van der Waals surface area contributed by atoms with Crippen LogP contribution in [0.5, 0.6) is 0 Å². The number of carbonyl (C=O) groups excluding carboxylic acids is 1. The highest BCUT2D eigenvalue weighted by atomic mass is 19.2. The molecule has 1 heterocycles. The molecule has 0 saturated carbocycles. The van der Waals surface area contributed by atoms with Gasteiger partial charge >= 0.3 is 0 Å². The Labute approximate surface area is 97.8 Å². The van der Waals surface area contributed by atoms with Crippen LogP contribution in [0.1, 0.15) is 18.4 Å². The summed E-state index contributed by atoms with van der Waals surface area (Å²) in [6, 6.07) is 2.28. The molecule has 1 aliphatic rings. The third-order valence-electron chi connectivity index (χ3n) is 2.88. The quantitative estimate of drug-likeness (QED) is 0.598. The van der Waals surface area contributed by atoms with Gasteiger partial charge in [0.2, 0.25) is 6.08 Å². The van der Waals surface area contributed by atoms with E-state index in [9.17, 15) is 13.6 Å². The van der Waals surface area contributed by atoms with E-state index in [1.807, 2.05) is 4.90 Å². The van der Waals surface area contributed by atoms with Crippen LogP contribution in [0.25, 0.3) is 0 Å². The summed E-state index contributed by atoms with van der Waals surface area (Å²) in [5.74, 6) is -1.78. The Kier molecular flexibility index (Phi) is 3.49. The van der Waals surface area contributed by atoms with Crippen molar-refractivity contribution in [1.29, 1.82) is 0 Å². The zero-order valence-electron chi connectivity index (χ0n) is 9.25. The van der Waals surface area contributed by atoms with Crippen LogP contribution in [0, 0.1) is 11.6 Å². The SMILES string of the molecule is O=C=NCc1cc(F)c(F)cc1N1CCCC1. The smallest absolute Gasteiger partial charge is 0.235 e. The first-order chi connectivity index (χ1) is 8.22. The van der Waals surface area contributed by atoms with Gasteiger partial charge in [0.1, 0.15) is 0 Å². The minimum Gasteiger partial charge on any atom is -0.371 e. The van der Waals surface area contributed by atoms with Gasteiger partial charge in [-0.15, -0.1) is 0 Å². The zero-order chi connectivity index (χ0) is 12.3. The summed E-state index contributed by atoms with van der Waals surface area (Å²) in [5.41, 5.74) is 1.15. The molecular formula is C12H12F2N2O. The first-order valence-corrected chi connectivity index (χ1v) is 5.49. The van der Waals surface area contributed by atoms with Crippen molar-refractivity contribution in [2.45, 2.75) is 19.4 Å². The molecule has 1 fully saturated rings. The highest BCUT2D eigenvalue weighted by Crippen LogP contribution is 2.27. The number of rotatable bonds is 3. The number of hydrogen-bond acceptors (Lipinski definition) is 3. The van der Waals surface area contributed by atoms with Gasteiger partial charge in [-0.3, -0.25) is 0 Å². The molecule has 3 nitrogen and oxygen atoms in total. The number of anilines is 1. The number of nitrogens with zero attached hydrogens (tertiary/aromatic N) is 2. The molecule has 1 aromatic rings. The van der Waals surface area contributed by atoms with Crippen LogP contribution in [0.2, 0.25) is 0 Å². The summed E-state index contributed by atoms with van der Waals surface area (Å²) in [7, 11) is 0. The Hall–Kier alpha value is -1.74. The van der Waals surface area contributed by atoms with E-state index >= 15 is 0 Å². The summed E-state index contributed by atoms with van der Waals surface area (Å²) < 4.78 is 26.4. The van der Waals surface area contributed by atoms with Gasteiger partial charge in [0, 0.05) is 30.4 Å². The lowest BCUT2D eigenvalue weighted by Gasteiger charge is -2.20. The summed E-state index contributed by atoms with van der Waals surface area (Å²) >= 11 is 0. The van der Waals surface area contributed by atoms with E-state index in [-0.39, 0.29) is 6.54 Å². The van der Waals surface area contributed by atoms with E-state index in [4.69, 9.17) is 0 Å². The molecule has 0 amide bonds. The molecule has 0 unspecified atom stereocenters. The molecule has 90 valence electrons. The van der Waals surface area contributed by atoms with Gasteiger partial charge in [0.05, 0.1) is 6.54 Å². The molecule has 17 heavy (non-hydrogen) atoms. The van der Waals surface area contributed by atoms with Crippen LogP contribution in [-0.2, 0) is 11.3 Å². The Bertz CT molecular complexity index is 464. The average Bonchev–Trinajstić information content (AvgIpc) is 2.83. The maximum absolute atomic E-state index is 13.2. The van der Waals surface area contributed by atoms with E-state index in [1.165, 1.54) is 12.1 Å². The summed E-state index contributed by atoms with van der Waals surface area (Å²) in [5, 5.41) is 0. The number of aliphatic imine (C=N–C) groups is 1. The Morgan fingerprint density at radius 1 is 1.24 bits per heavy atom. The average molecular weight is 238 g/mol. The maximum atomic E-state index is 13.2. The maximum Gasteiger partial charge on any atom is 0.235 e. The molecule has 1 aliphatic heterocycles. The molecule has 0 spiro atoms. The fraction of sp³-hybridized carbons (Fsp3) is 0.417. The molecule has 0 aliphatic carbocycles. The summed E-state index contributed by atoms with van der Waals surface area (Å²) in [4.78, 5) is 15.5. The molecule has 5 heteroatoms. The van der Waals surface area contributed by atoms with Gasteiger partial charge in [-0.1, -0.05) is 0 Å². The summed E-state index contributed by atoms with van der Waals surface area (Å²) in [6.07, 6.45) is 3.48. The molecule has 2 rings (SSSR count). The van der Waals surface area contributed by atoms with Crippen molar-refractivity contribution in [2.75, 3.05) is 18.0 Å². The second-order valence-corrected chi connectivity index (χ2v) is 4.00. The van der Waals surface area contributed by atoms with E-state index in [1.54, 1.807) is 0 Å². The second kappa shape index (κ2) is 5.06. The summed E-state index contributed by atoms with van der Waals surface area (Å²) in [6.45, 7) is 1.68. The van der Waals surface area contributed by atoms with Gasteiger partial charge < -0.3 is 4.90 Å². The van der Waals surface area contributed by atoms with Crippen LogP contribution in [-0.4, -0.2) is 19.2 Å². The van der Waals surface area contributed by atoms with Crippen LogP contribution < -0.4 is 4.90 Å². The third kappa shape index (κ3) is 2.50. The monoisotopic (exact) mass is 238 g/mol. The van der Waals surface area contributed by atoms with Gasteiger partial charge in [0.15, 0.2) is 11.6 Å². The number of benzene rings is 1. The minimum absolute atomic E-state index is 0.0343. The molecule has 0 bridgehead atoms. The number of halogens is 2. The van der Waals surface area contributed by atoms with Crippen molar-refractivity contribution < 1.29 is 13.6 Å².